The van der Waals surface area contributed by atoms with Crippen LogP contribution in [0.4, 0.5) is 4.39 Å². The average molecular weight is 332 g/mol. The van der Waals surface area contributed by atoms with Crippen molar-refractivity contribution in [3.8, 4) is 0 Å². The highest BCUT2D eigenvalue weighted by Gasteiger charge is 2.40. The molecule has 2 heterocycles. The topological polar surface area (TPSA) is 40.6 Å². The summed E-state index contributed by atoms with van der Waals surface area (Å²) >= 11 is 0. The van der Waals surface area contributed by atoms with Gasteiger partial charge in [0.05, 0.1) is 12.0 Å². The number of piperidine rings is 1. The maximum Gasteiger partial charge on any atom is 0.228 e. The second-order valence-corrected chi connectivity index (χ2v) is 6.89. The van der Waals surface area contributed by atoms with Gasteiger partial charge in [-0.05, 0) is 37.0 Å². The Hall–Kier alpha value is -1.91. The van der Waals surface area contributed by atoms with Crippen LogP contribution >= 0.6 is 0 Å². The third-order valence-corrected chi connectivity index (χ3v) is 5.29. The summed E-state index contributed by atoms with van der Waals surface area (Å²) in [5, 5.41) is 0. The zero-order chi connectivity index (χ0) is 17.1. The van der Waals surface area contributed by atoms with Crippen LogP contribution in [-0.4, -0.2) is 41.8 Å². The van der Waals surface area contributed by atoms with Crippen LogP contribution in [0.5, 0.6) is 0 Å². The monoisotopic (exact) mass is 332 g/mol. The van der Waals surface area contributed by atoms with E-state index in [-0.39, 0.29) is 29.6 Å². The van der Waals surface area contributed by atoms with Crippen molar-refractivity contribution >= 4 is 11.8 Å². The van der Waals surface area contributed by atoms with Crippen LogP contribution in [-0.2, 0) is 9.59 Å². The van der Waals surface area contributed by atoms with E-state index < -0.39 is 0 Å². The quantitative estimate of drug-likeness (QED) is 0.835. The fourth-order valence-corrected chi connectivity index (χ4v) is 3.97. The molecule has 2 atom stereocenters. The summed E-state index contributed by atoms with van der Waals surface area (Å²) in [6.45, 7) is 1.59. The number of carbonyl (C=O) groups is 2. The van der Waals surface area contributed by atoms with Gasteiger partial charge in [0.1, 0.15) is 5.82 Å². The zero-order valence-corrected chi connectivity index (χ0v) is 14.2. The van der Waals surface area contributed by atoms with Gasteiger partial charge in [-0.1, -0.05) is 25.0 Å². The van der Waals surface area contributed by atoms with Crippen molar-refractivity contribution in [2.45, 2.75) is 44.6 Å². The summed E-state index contributed by atoms with van der Waals surface area (Å²) in [5.74, 6) is -0.484. The van der Waals surface area contributed by atoms with Gasteiger partial charge in [-0.15, -0.1) is 0 Å². The molecule has 1 aromatic carbocycles. The molecule has 0 N–H and O–H groups in total. The number of halogens is 1. The lowest BCUT2D eigenvalue weighted by Gasteiger charge is -2.40. The van der Waals surface area contributed by atoms with E-state index in [1.165, 1.54) is 25.0 Å². The molecule has 0 aromatic heterocycles. The Morgan fingerprint density at radius 2 is 1.88 bits per heavy atom. The molecular formula is C19H25FN2O2. The molecule has 0 saturated carbocycles. The largest absolute Gasteiger partial charge is 0.342 e. The molecule has 24 heavy (non-hydrogen) atoms. The van der Waals surface area contributed by atoms with Crippen molar-refractivity contribution in [3.05, 3.63) is 35.6 Å². The van der Waals surface area contributed by atoms with Crippen molar-refractivity contribution < 1.29 is 14.0 Å². The first-order valence-corrected chi connectivity index (χ1v) is 8.88. The van der Waals surface area contributed by atoms with Crippen LogP contribution in [0.2, 0.25) is 0 Å². The second-order valence-electron chi connectivity index (χ2n) is 6.89. The van der Waals surface area contributed by atoms with Crippen LogP contribution in [0, 0.1) is 11.7 Å². The van der Waals surface area contributed by atoms with E-state index in [4.69, 9.17) is 0 Å². The summed E-state index contributed by atoms with van der Waals surface area (Å²) in [6, 6.07) is 5.91. The number of nitrogens with zero attached hydrogens (tertiary/aromatic N) is 2. The molecule has 2 aliphatic rings. The van der Waals surface area contributed by atoms with Crippen LogP contribution in [0.15, 0.2) is 24.3 Å². The minimum absolute atomic E-state index is 0.0178. The first-order valence-electron chi connectivity index (χ1n) is 8.88. The molecule has 0 spiro atoms. The number of carbonyl (C=O) groups excluding carboxylic acids is 2. The lowest BCUT2D eigenvalue weighted by molar-refractivity contribution is -0.146. The Kier molecular flexibility index (Phi) is 5.17. The van der Waals surface area contributed by atoms with Gasteiger partial charge in [-0.2, -0.15) is 0 Å². The van der Waals surface area contributed by atoms with E-state index in [2.05, 4.69) is 0 Å². The summed E-state index contributed by atoms with van der Waals surface area (Å²) in [6.07, 6.45) is 5.34. The number of hydrogen-bond donors (Lipinski definition) is 0. The Balaban J connectivity index is 1.88. The van der Waals surface area contributed by atoms with Crippen LogP contribution in [0.1, 0.15) is 50.1 Å². The van der Waals surface area contributed by atoms with Gasteiger partial charge < -0.3 is 9.80 Å². The fraction of sp³-hybridized carbons (Fsp3) is 0.579. The van der Waals surface area contributed by atoms with Crippen LogP contribution < -0.4 is 0 Å². The van der Waals surface area contributed by atoms with Gasteiger partial charge in [0.15, 0.2) is 0 Å². The predicted molar refractivity (Wildman–Crippen MR) is 89.7 cm³/mol. The SMILES string of the molecule is CN1C(=O)CC[C@@H](C(=O)N2CCCCCC2)[C@@H]1c1cccc(F)c1. The molecule has 5 heteroatoms. The molecule has 3 rings (SSSR count). The highest BCUT2D eigenvalue weighted by molar-refractivity contribution is 5.85. The Morgan fingerprint density at radius 3 is 2.54 bits per heavy atom. The first-order chi connectivity index (χ1) is 11.6. The van der Waals surface area contributed by atoms with Gasteiger partial charge in [-0.25, -0.2) is 4.39 Å². The molecule has 2 amide bonds. The van der Waals surface area contributed by atoms with Crippen LogP contribution in [0.25, 0.3) is 0 Å². The van der Waals surface area contributed by atoms with Crippen molar-refractivity contribution in [2.75, 3.05) is 20.1 Å². The molecule has 0 unspecified atom stereocenters. The smallest absolute Gasteiger partial charge is 0.228 e. The molecule has 2 fully saturated rings. The molecule has 2 saturated heterocycles. The number of hydrogen-bond acceptors (Lipinski definition) is 2. The van der Waals surface area contributed by atoms with Crippen molar-refractivity contribution in [1.82, 2.24) is 9.80 Å². The number of amides is 2. The minimum atomic E-state index is -0.377. The molecule has 0 radical (unpaired) electrons. The summed E-state index contributed by atoms with van der Waals surface area (Å²) in [7, 11) is 1.72. The van der Waals surface area contributed by atoms with Crippen molar-refractivity contribution in [1.29, 1.82) is 0 Å². The Bertz CT molecular complexity index is 611. The zero-order valence-electron chi connectivity index (χ0n) is 14.2. The molecule has 130 valence electrons. The lowest BCUT2D eigenvalue weighted by atomic mass is 9.83. The fourth-order valence-electron chi connectivity index (χ4n) is 3.97. The Labute approximate surface area is 142 Å². The van der Waals surface area contributed by atoms with Crippen molar-refractivity contribution in [2.24, 2.45) is 5.92 Å². The third-order valence-electron chi connectivity index (χ3n) is 5.29. The normalized spacial score (nSPS) is 25.5. The van der Waals surface area contributed by atoms with E-state index in [1.807, 2.05) is 11.0 Å². The standard InChI is InChI=1S/C19H25FN2O2/c1-21-17(23)10-9-16(18(21)14-7-6-8-15(20)13-14)19(24)22-11-4-2-3-5-12-22/h6-8,13,16,18H,2-5,9-12H2,1H3/t16-,18+/m1/s1. The summed E-state index contributed by atoms with van der Waals surface area (Å²) < 4.78 is 13.7. The van der Waals surface area contributed by atoms with Gasteiger partial charge >= 0.3 is 0 Å². The van der Waals surface area contributed by atoms with E-state index in [0.717, 1.165) is 25.9 Å². The van der Waals surface area contributed by atoms with Crippen LogP contribution in [0.3, 0.4) is 0 Å². The minimum Gasteiger partial charge on any atom is -0.342 e. The van der Waals surface area contributed by atoms with Gasteiger partial charge in [-0.3, -0.25) is 9.59 Å². The lowest BCUT2D eigenvalue weighted by Crippen LogP contribution is -2.47. The average Bonchev–Trinajstić information content (AvgIpc) is 2.86. The van der Waals surface area contributed by atoms with Gasteiger partial charge in [0, 0.05) is 26.6 Å². The molecule has 4 nitrogen and oxygen atoms in total. The third kappa shape index (κ3) is 3.45. The number of benzene rings is 1. The highest BCUT2D eigenvalue weighted by Crippen LogP contribution is 2.37. The van der Waals surface area contributed by atoms with Gasteiger partial charge in [0.25, 0.3) is 0 Å². The molecule has 0 aliphatic carbocycles. The maximum atomic E-state index is 13.7. The molecule has 2 aliphatic heterocycles. The summed E-state index contributed by atoms with van der Waals surface area (Å²) in [5.41, 5.74) is 0.707. The second kappa shape index (κ2) is 7.32. The van der Waals surface area contributed by atoms with E-state index >= 15 is 0 Å². The number of rotatable bonds is 2. The molecular weight excluding hydrogens is 307 g/mol. The van der Waals surface area contributed by atoms with Gasteiger partial charge in [0.2, 0.25) is 11.8 Å². The Morgan fingerprint density at radius 1 is 1.17 bits per heavy atom. The maximum absolute atomic E-state index is 13.7. The first kappa shape index (κ1) is 16.9. The molecule has 1 aromatic rings. The summed E-state index contributed by atoms with van der Waals surface area (Å²) in [4.78, 5) is 28.9. The van der Waals surface area contributed by atoms with E-state index in [1.54, 1.807) is 18.0 Å². The van der Waals surface area contributed by atoms with E-state index in [0.29, 0.717) is 18.4 Å². The van der Waals surface area contributed by atoms with Crippen molar-refractivity contribution in [3.63, 3.8) is 0 Å². The number of likely N-dealkylation sites (tertiary alicyclic amines) is 2. The predicted octanol–water partition coefficient (Wildman–Crippen LogP) is 3.14. The highest BCUT2D eigenvalue weighted by atomic mass is 19.1. The molecule has 0 bridgehead atoms. The van der Waals surface area contributed by atoms with E-state index in [9.17, 15) is 14.0 Å².